The van der Waals surface area contributed by atoms with E-state index >= 15 is 0 Å². The number of halogens is 1. The van der Waals surface area contributed by atoms with Crippen LogP contribution in [0.3, 0.4) is 0 Å². The molecular formula is C17H18ClN3O3S. The van der Waals surface area contributed by atoms with E-state index in [9.17, 15) is 13.2 Å². The van der Waals surface area contributed by atoms with E-state index in [-0.39, 0.29) is 29.1 Å². The summed E-state index contributed by atoms with van der Waals surface area (Å²) in [5, 5.41) is 6.60. The molecule has 0 saturated carbocycles. The first kappa shape index (κ1) is 17.7. The molecule has 1 saturated heterocycles. The van der Waals surface area contributed by atoms with Gasteiger partial charge in [0.25, 0.3) is 5.91 Å². The van der Waals surface area contributed by atoms with E-state index < -0.39 is 9.84 Å². The number of aromatic nitrogens is 1. The van der Waals surface area contributed by atoms with Crippen LogP contribution in [0.2, 0.25) is 5.02 Å². The highest BCUT2D eigenvalue weighted by Crippen LogP contribution is 2.17. The number of hydrogen-bond acceptors (Lipinski definition) is 5. The number of amides is 1. The van der Waals surface area contributed by atoms with Crippen LogP contribution in [-0.4, -0.2) is 36.9 Å². The third kappa shape index (κ3) is 4.70. The fourth-order valence-corrected chi connectivity index (χ4v) is 4.52. The van der Waals surface area contributed by atoms with Crippen molar-refractivity contribution < 1.29 is 13.2 Å². The third-order valence-electron chi connectivity index (χ3n) is 4.00. The van der Waals surface area contributed by atoms with Gasteiger partial charge in [0.15, 0.2) is 9.84 Å². The van der Waals surface area contributed by atoms with Crippen LogP contribution in [-0.2, 0) is 16.4 Å². The summed E-state index contributed by atoms with van der Waals surface area (Å²) >= 11 is 6.11. The predicted octanol–water partition coefficient (Wildman–Crippen LogP) is 2.26. The molecule has 6 nitrogen and oxygen atoms in total. The summed E-state index contributed by atoms with van der Waals surface area (Å²) in [5.74, 6) is -0.244. The topological polar surface area (TPSA) is 88.2 Å². The Morgan fingerprint density at radius 3 is 2.68 bits per heavy atom. The first-order valence-electron chi connectivity index (χ1n) is 7.87. The van der Waals surface area contributed by atoms with Crippen molar-refractivity contribution in [3.8, 4) is 0 Å². The van der Waals surface area contributed by atoms with E-state index in [2.05, 4.69) is 15.6 Å². The molecule has 2 N–H and O–H groups in total. The van der Waals surface area contributed by atoms with Crippen LogP contribution in [0.1, 0.15) is 22.5 Å². The maximum absolute atomic E-state index is 12.1. The van der Waals surface area contributed by atoms with Gasteiger partial charge in [-0.1, -0.05) is 29.8 Å². The Morgan fingerprint density at radius 2 is 2.04 bits per heavy atom. The van der Waals surface area contributed by atoms with Crippen LogP contribution in [0.15, 0.2) is 42.6 Å². The van der Waals surface area contributed by atoms with E-state index in [0.29, 0.717) is 18.0 Å². The number of pyridine rings is 1. The summed E-state index contributed by atoms with van der Waals surface area (Å²) < 4.78 is 22.9. The number of nitrogens with one attached hydrogen (secondary N) is 2. The first-order chi connectivity index (χ1) is 11.9. The first-order valence-corrected chi connectivity index (χ1v) is 10.1. The Balaban J connectivity index is 1.56. The van der Waals surface area contributed by atoms with E-state index in [0.717, 1.165) is 11.3 Å². The molecule has 1 atom stereocenters. The van der Waals surface area contributed by atoms with Gasteiger partial charge in [0, 0.05) is 17.6 Å². The van der Waals surface area contributed by atoms with E-state index in [4.69, 9.17) is 11.6 Å². The molecule has 2 aromatic rings. The van der Waals surface area contributed by atoms with Crippen LogP contribution < -0.4 is 10.6 Å². The van der Waals surface area contributed by atoms with Gasteiger partial charge in [0.2, 0.25) is 0 Å². The highest BCUT2D eigenvalue weighted by atomic mass is 35.5. The van der Waals surface area contributed by atoms with Crippen LogP contribution in [0.25, 0.3) is 0 Å². The Kier molecular flexibility index (Phi) is 5.24. The molecule has 0 bridgehead atoms. The number of hydrogen-bond donors (Lipinski definition) is 2. The molecule has 3 rings (SSSR count). The van der Waals surface area contributed by atoms with Crippen LogP contribution >= 0.6 is 11.6 Å². The maximum Gasteiger partial charge on any atom is 0.270 e. The van der Waals surface area contributed by atoms with Crippen molar-refractivity contribution in [2.75, 3.05) is 16.8 Å². The van der Waals surface area contributed by atoms with Crippen LogP contribution in [0.5, 0.6) is 0 Å². The van der Waals surface area contributed by atoms with Crippen LogP contribution in [0.4, 0.5) is 5.69 Å². The minimum absolute atomic E-state index is 0.00376. The molecule has 1 aromatic carbocycles. The highest BCUT2D eigenvalue weighted by Gasteiger charge is 2.29. The molecule has 0 spiro atoms. The van der Waals surface area contributed by atoms with Crippen molar-refractivity contribution in [1.29, 1.82) is 0 Å². The molecule has 132 valence electrons. The van der Waals surface area contributed by atoms with Gasteiger partial charge in [0.05, 0.1) is 23.4 Å². The molecule has 1 aromatic heterocycles. The van der Waals surface area contributed by atoms with Crippen molar-refractivity contribution in [1.82, 2.24) is 10.3 Å². The molecule has 0 radical (unpaired) electrons. The third-order valence-corrected chi connectivity index (χ3v) is 6.14. The summed E-state index contributed by atoms with van der Waals surface area (Å²) in [6.07, 6.45) is 2.02. The van der Waals surface area contributed by atoms with E-state index in [1.807, 2.05) is 24.3 Å². The molecule has 0 aliphatic carbocycles. The Bertz CT molecular complexity index is 869. The summed E-state index contributed by atoms with van der Waals surface area (Å²) in [6, 6.07) is 10.6. The standard InChI is InChI=1S/C17H18ClN3O3S/c18-15-4-2-1-3-12(15)9-19-13-5-6-16(20-10-13)17(22)21-14-7-8-25(23,24)11-14/h1-6,10,14,19H,7-9,11H2,(H,21,22). The summed E-state index contributed by atoms with van der Waals surface area (Å²) in [5.41, 5.74) is 1.99. The average Bonchev–Trinajstić information content (AvgIpc) is 2.93. The largest absolute Gasteiger partial charge is 0.380 e. The number of benzene rings is 1. The molecule has 1 unspecified atom stereocenters. The number of nitrogens with zero attached hydrogens (tertiary/aromatic N) is 1. The molecule has 8 heteroatoms. The van der Waals surface area contributed by atoms with Crippen LogP contribution in [0, 0.1) is 0 Å². The lowest BCUT2D eigenvalue weighted by molar-refractivity contribution is 0.0936. The molecular weight excluding hydrogens is 362 g/mol. The van der Waals surface area contributed by atoms with Gasteiger partial charge >= 0.3 is 0 Å². The molecule has 1 fully saturated rings. The minimum atomic E-state index is -3.02. The lowest BCUT2D eigenvalue weighted by Gasteiger charge is -2.11. The monoisotopic (exact) mass is 379 g/mol. The lowest BCUT2D eigenvalue weighted by atomic mass is 10.2. The Hall–Kier alpha value is -2.12. The summed E-state index contributed by atoms with van der Waals surface area (Å²) in [4.78, 5) is 16.3. The molecule has 1 amide bonds. The SMILES string of the molecule is O=C(NC1CCS(=O)(=O)C1)c1ccc(NCc2ccccc2Cl)cn1. The normalized spacial score (nSPS) is 18.7. The van der Waals surface area contributed by atoms with Gasteiger partial charge in [-0.3, -0.25) is 4.79 Å². The molecule has 1 aliphatic rings. The van der Waals surface area contributed by atoms with Crippen molar-refractivity contribution in [2.45, 2.75) is 19.0 Å². The molecule has 25 heavy (non-hydrogen) atoms. The van der Waals surface area contributed by atoms with E-state index in [1.54, 1.807) is 18.3 Å². The van der Waals surface area contributed by atoms with Crippen molar-refractivity contribution >= 4 is 33.0 Å². The van der Waals surface area contributed by atoms with Gasteiger partial charge in [-0.2, -0.15) is 0 Å². The average molecular weight is 380 g/mol. The van der Waals surface area contributed by atoms with Gasteiger partial charge < -0.3 is 10.6 Å². The second kappa shape index (κ2) is 7.41. The number of rotatable bonds is 5. The number of carbonyl (C=O) groups is 1. The maximum atomic E-state index is 12.1. The van der Waals surface area contributed by atoms with Gasteiger partial charge in [-0.25, -0.2) is 13.4 Å². The number of sulfone groups is 1. The zero-order chi connectivity index (χ0) is 17.9. The fraction of sp³-hybridized carbons (Fsp3) is 0.294. The predicted molar refractivity (Wildman–Crippen MR) is 97.5 cm³/mol. The quantitative estimate of drug-likeness (QED) is 0.831. The highest BCUT2D eigenvalue weighted by molar-refractivity contribution is 7.91. The van der Waals surface area contributed by atoms with Crippen molar-refractivity contribution in [3.63, 3.8) is 0 Å². The minimum Gasteiger partial charge on any atom is -0.380 e. The fourth-order valence-electron chi connectivity index (χ4n) is 2.64. The molecule has 2 heterocycles. The van der Waals surface area contributed by atoms with E-state index in [1.165, 1.54) is 0 Å². The Morgan fingerprint density at radius 1 is 1.24 bits per heavy atom. The van der Waals surface area contributed by atoms with Gasteiger partial charge in [-0.15, -0.1) is 0 Å². The smallest absolute Gasteiger partial charge is 0.270 e. The van der Waals surface area contributed by atoms with Crippen molar-refractivity contribution in [2.24, 2.45) is 0 Å². The van der Waals surface area contributed by atoms with Crippen molar-refractivity contribution in [3.05, 3.63) is 58.9 Å². The number of anilines is 1. The Labute approximate surface area is 151 Å². The second-order valence-electron chi connectivity index (χ2n) is 5.95. The second-order valence-corrected chi connectivity index (χ2v) is 8.59. The van der Waals surface area contributed by atoms with Gasteiger partial charge in [0.1, 0.15) is 5.69 Å². The number of carbonyl (C=O) groups excluding carboxylic acids is 1. The zero-order valence-corrected chi connectivity index (χ0v) is 15.0. The van der Waals surface area contributed by atoms with Gasteiger partial charge in [-0.05, 0) is 30.2 Å². The molecule has 1 aliphatic heterocycles. The zero-order valence-electron chi connectivity index (χ0n) is 13.4. The summed E-state index contributed by atoms with van der Waals surface area (Å²) in [6.45, 7) is 0.548. The lowest BCUT2D eigenvalue weighted by Crippen LogP contribution is -2.36. The summed E-state index contributed by atoms with van der Waals surface area (Å²) in [7, 11) is -3.02.